The molecule has 1 saturated carbocycles. The summed E-state index contributed by atoms with van der Waals surface area (Å²) in [6.07, 6.45) is -5.53. The van der Waals surface area contributed by atoms with E-state index in [1.54, 1.807) is 18.0 Å². The van der Waals surface area contributed by atoms with Crippen LogP contribution in [0.1, 0.15) is 6.42 Å². The maximum Gasteiger partial charge on any atom is 0.573 e. The summed E-state index contributed by atoms with van der Waals surface area (Å²) in [7, 11) is 1.60. The average molecular weight is 445 g/mol. The fraction of sp³-hybridized carbons (Fsp3) is 0.474. The lowest BCUT2D eigenvalue weighted by atomic mass is 9.77. The van der Waals surface area contributed by atoms with Crippen molar-refractivity contribution in [2.75, 3.05) is 18.5 Å². The van der Waals surface area contributed by atoms with Gasteiger partial charge in [-0.1, -0.05) is 6.08 Å². The van der Waals surface area contributed by atoms with Gasteiger partial charge in [0.25, 0.3) is 0 Å². The molecule has 1 aliphatic carbocycles. The van der Waals surface area contributed by atoms with Crippen LogP contribution in [0.3, 0.4) is 0 Å². The largest absolute Gasteiger partial charge is 0.573 e. The van der Waals surface area contributed by atoms with Crippen LogP contribution in [0, 0.1) is 5.92 Å². The number of aliphatic hydroxyl groups excluding tert-OH is 2. The number of nitrogens with zero attached hydrogens (tertiary/aromatic N) is 2. The molecule has 1 heterocycles. The van der Waals surface area contributed by atoms with Gasteiger partial charge in [0.2, 0.25) is 5.91 Å². The molecule has 0 bridgehead atoms. The highest BCUT2D eigenvalue weighted by Gasteiger charge is 2.54. The number of likely N-dealkylation sites (N-methyl/N-ethyl adjacent to an activating group) is 1. The lowest BCUT2D eigenvalue weighted by Gasteiger charge is -2.42. The number of aliphatic hydroxyl groups is 2. The maximum atomic E-state index is 13.0. The molecule has 0 spiro atoms. The summed E-state index contributed by atoms with van der Waals surface area (Å²) < 4.78 is 41.2. The van der Waals surface area contributed by atoms with Gasteiger partial charge in [0.05, 0.1) is 24.1 Å². The number of halogens is 3. The van der Waals surface area contributed by atoms with Crippen LogP contribution in [-0.4, -0.2) is 70.4 Å². The molecular formula is C19H22F3N3O4S. The monoisotopic (exact) mass is 445 g/mol. The average Bonchev–Trinajstić information content (AvgIpc) is 3.01. The number of carbonyl (C=O) groups excluding carboxylic acids is 1. The van der Waals surface area contributed by atoms with Crippen LogP contribution >= 0.6 is 12.2 Å². The van der Waals surface area contributed by atoms with Crippen LogP contribution in [0.25, 0.3) is 0 Å². The van der Waals surface area contributed by atoms with Gasteiger partial charge in [0.15, 0.2) is 5.11 Å². The molecule has 11 heteroatoms. The van der Waals surface area contributed by atoms with Gasteiger partial charge in [0, 0.05) is 19.3 Å². The first-order chi connectivity index (χ1) is 14.0. The van der Waals surface area contributed by atoms with Gasteiger partial charge in [-0.25, -0.2) is 0 Å². The molecule has 2 fully saturated rings. The van der Waals surface area contributed by atoms with Crippen LogP contribution in [-0.2, 0) is 4.79 Å². The van der Waals surface area contributed by atoms with Crippen molar-refractivity contribution in [2.45, 2.75) is 37.1 Å². The molecule has 1 aromatic carbocycles. The summed E-state index contributed by atoms with van der Waals surface area (Å²) in [6.45, 7) is 3.91. The van der Waals surface area contributed by atoms with E-state index in [1.807, 2.05) is 0 Å². The Hall–Kier alpha value is -2.37. The molecule has 5 unspecified atom stereocenters. The number of hydrogen-bond acceptors (Lipinski definition) is 5. The summed E-state index contributed by atoms with van der Waals surface area (Å²) in [6, 6.07) is 3.72. The Morgan fingerprint density at radius 3 is 2.60 bits per heavy atom. The van der Waals surface area contributed by atoms with Crippen molar-refractivity contribution < 1.29 is 32.9 Å². The van der Waals surface area contributed by atoms with E-state index in [1.165, 1.54) is 17.0 Å². The number of anilines is 1. The smallest absolute Gasteiger partial charge is 0.406 e. The number of thiocarbonyl (C=S) groups is 1. The second-order valence-electron chi connectivity index (χ2n) is 7.29. The van der Waals surface area contributed by atoms with Crippen LogP contribution in [0.2, 0.25) is 0 Å². The number of fused-ring (bicyclic) bond motifs is 1. The van der Waals surface area contributed by atoms with Crippen molar-refractivity contribution in [2.24, 2.45) is 5.92 Å². The van der Waals surface area contributed by atoms with E-state index in [2.05, 4.69) is 16.6 Å². The molecule has 30 heavy (non-hydrogen) atoms. The molecule has 164 valence electrons. The lowest BCUT2D eigenvalue weighted by molar-refractivity contribution is -0.274. The minimum absolute atomic E-state index is 0.0126. The number of benzene rings is 1. The molecule has 5 atom stereocenters. The molecule has 1 saturated heterocycles. The van der Waals surface area contributed by atoms with Gasteiger partial charge in [-0.2, -0.15) is 0 Å². The topological polar surface area (TPSA) is 85.3 Å². The molecular weight excluding hydrogens is 423 g/mol. The Kier molecular flexibility index (Phi) is 6.25. The van der Waals surface area contributed by atoms with Crippen molar-refractivity contribution in [3.05, 3.63) is 36.9 Å². The van der Waals surface area contributed by atoms with E-state index < -0.39 is 42.3 Å². The number of ether oxygens (including phenoxy) is 1. The Bertz CT molecular complexity index is 820. The van der Waals surface area contributed by atoms with Crippen molar-refractivity contribution in [3.63, 3.8) is 0 Å². The Morgan fingerprint density at radius 1 is 1.40 bits per heavy atom. The van der Waals surface area contributed by atoms with Crippen molar-refractivity contribution in [1.82, 2.24) is 10.2 Å². The van der Waals surface area contributed by atoms with Gasteiger partial charge < -0.3 is 30.1 Å². The van der Waals surface area contributed by atoms with E-state index in [0.29, 0.717) is 12.2 Å². The molecule has 0 radical (unpaired) electrons. The summed E-state index contributed by atoms with van der Waals surface area (Å²) in [4.78, 5) is 16.1. The summed E-state index contributed by atoms with van der Waals surface area (Å²) in [5.41, 5.74) is 0.433. The molecule has 1 amide bonds. The standard InChI is InChI=1S/C19H22F3N3O4S/c1-3-8-24(2)17(28)12-9-13(26)16(27)14-15(12)25(18(30)23-14)10-4-6-11(7-5-10)29-19(20,21)22/h3-7,12-16,26-27H,1,8-9H2,2H3,(H,23,30). The second-order valence-corrected chi connectivity index (χ2v) is 7.67. The number of amides is 1. The van der Waals surface area contributed by atoms with Crippen molar-refractivity contribution in [3.8, 4) is 5.75 Å². The molecule has 1 aliphatic heterocycles. The summed E-state index contributed by atoms with van der Waals surface area (Å²) in [5.74, 6) is -1.36. The maximum absolute atomic E-state index is 13.0. The van der Waals surface area contributed by atoms with Gasteiger partial charge in [-0.3, -0.25) is 4.79 Å². The molecule has 7 nitrogen and oxygen atoms in total. The second kappa shape index (κ2) is 8.40. The van der Waals surface area contributed by atoms with Crippen molar-refractivity contribution >= 4 is 28.9 Å². The third kappa shape index (κ3) is 4.37. The van der Waals surface area contributed by atoms with E-state index in [0.717, 1.165) is 12.1 Å². The minimum atomic E-state index is -4.81. The predicted molar refractivity (Wildman–Crippen MR) is 107 cm³/mol. The highest BCUT2D eigenvalue weighted by atomic mass is 32.1. The van der Waals surface area contributed by atoms with Crippen LogP contribution < -0.4 is 15.0 Å². The highest BCUT2D eigenvalue weighted by molar-refractivity contribution is 7.80. The van der Waals surface area contributed by atoms with Gasteiger partial charge in [0.1, 0.15) is 11.9 Å². The SMILES string of the molecule is C=CCN(C)C(=O)C1CC(O)C(O)C2NC(=S)N(c3ccc(OC(F)(F)F)cc3)C12. The third-order valence-electron chi connectivity index (χ3n) is 5.29. The zero-order chi connectivity index (χ0) is 22.2. The van der Waals surface area contributed by atoms with Crippen LogP contribution in [0.15, 0.2) is 36.9 Å². The number of carbonyl (C=O) groups is 1. The number of nitrogens with one attached hydrogen (secondary N) is 1. The summed E-state index contributed by atoms with van der Waals surface area (Å²) in [5, 5.41) is 23.9. The Morgan fingerprint density at radius 2 is 2.03 bits per heavy atom. The van der Waals surface area contributed by atoms with Crippen molar-refractivity contribution in [1.29, 1.82) is 0 Å². The van der Waals surface area contributed by atoms with E-state index in [4.69, 9.17) is 12.2 Å². The predicted octanol–water partition coefficient (Wildman–Crippen LogP) is 1.40. The number of hydrogen-bond donors (Lipinski definition) is 3. The molecule has 1 aromatic rings. The summed E-state index contributed by atoms with van der Waals surface area (Å²) >= 11 is 5.38. The van der Waals surface area contributed by atoms with Gasteiger partial charge >= 0.3 is 6.36 Å². The lowest BCUT2D eigenvalue weighted by Crippen LogP contribution is -2.61. The Labute approximate surface area is 176 Å². The fourth-order valence-electron chi connectivity index (χ4n) is 4.00. The quantitative estimate of drug-likeness (QED) is 0.467. The molecule has 0 aromatic heterocycles. The third-order valence-corrected chi connectivity index (χ3v) is 5.60. The van der Waals surface area contributed by atoms with E-state index >= 15 is 0 Å². The van der Waals surface area contributed by atoms with E-state index in [9.17, 15) is 28.2 Å². The first-order valence-corrected chi connectivity index (χ1v) is 9.62. The van der Waals surface area contributed by atoms with Gasteiger partial charge in [-0.15, -0.1) is 19.8 Å². The zero-order valence-corrected chi connectivity index (χ0v) is 16.9. The zero-order valence-electron chi connectivity index (χ0n) is 16.0. The molecule has 3 N–H and O–H groups in total. The molecule has 2 aliphatic rings. The van der Waals surface area contributed by atoms with Crippen LogP contribution in [0.5, 0.6) is 5.75 Å². The highest BCUT2D eigenvalue weighted by Crippen LogP contribution is 2.38. The Balaban J connectivity index is 1.93. The van der Waals surface area contributed by atoms with Gasteiger partial charge in [-0.05, 0) is 42.9 Å². The normalized spacial score (nSPS) is 28.5. The number of alkyl halides is 3. The first kappa shape index (κ1) is 22.3. The van der Waals surface area contributed by atoms with E-state index in [-0.39, 0.29) is 17.4 Å². The molecule has 3 rings (SSSR count). The van der Waals surface area contributed by atoms with Crippen LogP contribution in [0.4, 0.5) is 18.9 Å². The first-order valence-electron chi connectivity index (χ1n) is 9.21. The minimum Gasteiger partial charge on any atom is -0.406 e. The number of rotatable bonds is 5. The fourth-order valence-corrected chi connectivity index (χ4v) is 4.36.